The average molecular weight is 296 g/mol. The van der Waals surface area contributed by atoms with E-state index < -0.39 is 0 Å². The third-order valence-corrected chi connectivity index (χ3v) is 4.68. The molecule has 0 bridgehead atoms. The lowest BCUT2D eigenvalue weighted by molar-refractivity contribution is -0.149. The summed E-state index contributed by atoms with van der Waals surface area (Å²) < 4.78 is 5.07. The number of ether oxygens (including phenoxy) is 1. The molecule has 1 aliphatic carbocycles. The van der Waals surface area contributed by atoms with Crippen LogP contribution in [0.15, 0.2) is 0 Å². The van der Waals surface area contributed by atoms with Crippen LogP contribution < -0.4 is 10.6 Å². The van der Waals surface area contributed by atoms with Gasteiger partial charge in [0, 0.05) is 6.04 Å². The van der Waals surface area contributed by atoms with E-state index in [1.807, 2.05) is 6.92 Å². The van der Waals surface area contributed by atoms with Gasteiger partial charge < -0.3 is 15.4 Å². The van der Waals surface area contributed by atoms with Crippen molar-refractivity contribution in [2.24, 2.45) is 11.8 Å². The van der Waals surface area contributed by atoms with Gasteiger partial charge >= 0.3 is 5.97 Å². The second kappa shape index (κ2) is 7.78. The number of rotatable bonds is 4. The smallest absolute Gasteiger partial charge is 0.308 e. The molecule has 2 fully saturated rings. The molecule has 120 valence electrons. The summed E-state index contributed by atoms with van der Waals surface area (Å²) in [7, 11) is 0. The van der Waals surface area contributed by atoms with E-state index in [4.69, 9.17) is 4.74 Å². The summed E-state index contributed by atoms with van der Waals surface area (Å²) in [5, 5.41) is 6.44. The van der Waals surface area contributed by atoms with E-state index >= 15 is 0 Å². The van der Waals surface area contributed by atoms with Crippen LogP contribution in [0.4, 0.5) is 0 Å². The van der Waals surface area contributed by atoms with Gasteiger partial charge in [0.1, 0.15) is 0 Å². The monoisotopic (exact) mass is 296 g/mol. The summed E-state index contributed by atoms with van der Waals surface area (Å²) in [4.78, 5) is 24.0. The first-order valence-corrected chi connectivity index (χ1v) is 8.30. The largest absolute Gasteiger partial charge is 0.466 e. The Labute approximate surface area is 127 Å². The molecule has 2 atom stereocenters. The molecule has 21 heavy (non-hydrogen) atoms. The van der Waals surface area contributed by atoms with Gasteiger partial charge in [-0.25, -0.2) is 0 Å². The Morgan fingerprint density at radius 2 is 1.90 bits per heavy atom. The Bertz CT molecular complexity index is 365. The second-order valence-corrected chi connectivity index (χ2v) is 6.45. The van der Waals surface area contributed by atoms with Crippen LogP contribution >= 0.6 is 0 Å². The SMILES string of the molecule is CCOC(=O)C1CCC(NC(=O)C2CC(C)CCN2)CC1. The average Bonchev–Trinajstić information content (AvgIpc) is 2.48. The van der Waals surface area contributed by atoms with Gasteiger partial charge in [-0.1, -0.05) is 6.92 Å². The first-order valence-electron chi connectivity index (χ1n) is 8.30. The minimum Gasteiger partial charge on any atom is -0.466 e. The van der Waals surface area contributed by atoms with E-state index in [9.17, 15) is 9.59 Å². The fraction of sp³-hybridized carbons (Fsp3) is 0.875. The molecular weight excluding hydrogens is 268 g/mol. The highest BCUT2D eigenvalue weighted by atomic mass is 16.5. The fourth-order valence-corrected chi connectivity index (χ4v) is 3.34. The van der Waals surface area contributed by atoms with Crippen molar-refractivity contribution in [1.29, 1.82) is 0 Å². The van der Waals surface area contributed by atoms with Crippen LogP contribution in [0.3, 0.4) is 0 Å². The van der Waals surface area contributed by atoms with E-state index in [-0.39, 0.29) is 29.9 Å². The van der Waals surface area contributed by atoms with E-state index in [0.29, 0.717) is 12.5 Å². The zero-order chi connectivity index (χ0) is 15.2. The third-order valence-electron chi connectivity index (χ3n) is 4.68. The number of hydrogen-bond donors (Lipinski definition) is 2. The highest BCUT2D eigenvalue weighted by molar-refractivity contribution is 5.82. The number of amides is 1. The summed E-state index contributed by atoms with van der Waals surface area (Å²) >= 11 is 0. The van der Waals surface area contributed by atoms with Crippen molar-refractivity contribution in [1.82, 2.24) is 10.6 Å². The van der Waals surface area contributed by atoms with Crippen molar-refractivity contribution in [3.63, 3.8) is 0 Å². The van der Waals surface area contributed by atoms with Crippen LogP contribution in [0.25, 0.3) is 0 Å². The van der Waals surface area contributed by atoms with Gasteiger partial charge in [-0.15, -0.1) is 0 Å². The quantitative estimate of drug-likeness (QED) is 0.774. The number of carbonyl (C=O) groups is 2. The molecule has 1 aliphatic heterocycles. The first-order chi connectivity index (χ1) is 10.1. The lowest BCUT2D eigenvalue weighted by Gasteiger charge is -2.31. The van der Waals surface area contributed by atoms with E-state index in [1.54, 1.807) is 0 Å². The molecule has 0 radical (unpaired) electrons. The molecule has 2 unspecified atom stereocenters. The number of esters is 1. The van der Waals surface area contributed by atoms with E-state index in [0.717, 1.165) is 45.1 Å². The van der Waals surface area contributed by atoms with Crippen molar-refractivity contribution < 1.29 is 14.3 Å². The van der Waals surface area contributed by atoms with Crippen LogP contribution in [0.5, 0.6) is 0 Å². The van der Waals surface area contributed by atoms with E-state index in [2.05, 4.69) is 17.6 Å². The lowest BCUT2D eigenvalue weighted by Crippen LogP contribution is -2.51. The highest BCUT2D eigenvalue weighted by Crippen LogP contribution is 2.25. The molecule has 1 saturated carbocycles. The summed E-state index contributed by atoms with van der Waals surface area (Å²) in [5.74, 6) is 0.679. The Morgan fingerprint density at radius 3 is 2.52 bits per heavy atom. The van der Waals surface area contributed by atoms with Crippen molar-refractivity contribution in [3.8, 4) is 0 Å². The van der Waals surface area contributed by atoms with Crippen LogP contribution in [0.1, 0.15) is 52.4 Å². The maximum Gasteiger partial charge on any atom is 0.308 e. The standard InChI is InChI=1S/C16H28N2O3/c1-3-21-16(20)12-4-6-13(7-5-12)18-15(19)14-10-11(2)8-9-17-14/h11-14,17H,3-10H2,1-2H3,(H,18,19). The summed E-state index contributed by atoms with van der Waals surface area (Å²) in [6, 6.07) is 0.165. The molecule has 2 N–H and O–H groups in total. The van der Waals surface area contributed by atoms with Gasteiger partial charge in [0.15, 0.2) is 0 Å². The van der Waals surface area contributed by atoms with Crippen molar-refractivity contribution in [2.45, 2.75) is 64.5 Å². The maximum absolute atomic E-state index is 12.3. The predicted octanol–water partition coefficient (Wildman–Crippen LogP) is 1.61. The highest BCUT2D eigenvalue weighted by Gasteiger charge is 2.30. The van der Waals surface area contributed by atoms with Crippen molar-refractivity contribution in [3.05, 3.63) is 0 Å². The van der Waals surface area contributed by atoms with Crippen LogP contribution in [0.2, 0.25) is 0 Å². The summed E-state index contributed by atoms with van der Waals surface area (Å²) in [6.07, 6.45) is 5.45. The molecule has 0 spiro atoms. The van der Waals surface area contributed by atoms with Gasteiger partial charge in [-0.05, 0) is 57.9 Å². The molecule has 5 heteroatoms. The lowest BCUT2D eigenvalue weighted by atomic mass is 9.85. The molecule has 1 heterocycles. The van der Waals surface area contributed by atoms with Crippen molar-refractivity contribution >= 4 is 11.9 Å². The predicted molar refractivity (Wildman–Crippen MR) is 80.7 cm³/mol. The third kappa shape index (κ3) is 4.70. The summed E-state index contributed by atoms with van der Waals surface area (Å²) in [6.45, 7) is 5.41. The molecule has 2 rings (SSSR count). The number of nitrogens with one attached hydrogen (secondary N) is 2. The Morgan fingerprint density at radius 1 is 1.19 bits per heavy atom. The minimum absolute atomic E-state index is 0.0194. The molecule has 1 amide bonds. The van der Waals surface area contributed by atoms with Gasteiger partial charge in [-0.2, -0.15) is 0 Å². The minimum atomic E-state index is -0.0787. The fourth-order valence-electron chi connectivity index (χ4n) is 3.34. The van der Waals surface area contributed by atoms with Gasteiger partial charge in [0.2, 0.25) is 5.91 Å². The van der Waals surface area contributed by atoms with Crippen molar-refractivity contribution in [2.75, 3.05) is 13.2 Å². The molecule has 0 aromatic rings. The van der Waals surface area contributed by atoms with Gasteiger partial charge in [-0.3, -0.25) is 9.59 Å². The molecule has 5 nitrogen and oxygen atoms in total. The first kappa shape index (κ1) is 16.3. The normalized spacial score (nSPS) is 33.2. The van der Waals surface area contributed by atoms with Crippen LogP contribution in [-0.4, -0.2) is 37.1 Å². The Kier molecular flexibility index (Phi) is 6.03. The zero-order valence-corrected chi connectivity index (χ0v) is 13.2. The Balaban J connectivity index is 1.73. The van der Waals surface area contributed by atoms with Crippen LogP contribution in [0, 0.1) is 11.8 Å². The molecule has 0 aromatic carbocycles. The van der Waals surface area contributed by atoms with E-state index in [1.165, 1.54) is 0 Å². The number of carbonyl (C=O) groups excluding carboxylic acids is 2. The zero-order valence-electron chi connectivity index (χ0n) is 13.2. The van der Waals surface area contributed by atoms with Crippen LogP contribution in [-0.2, 0) is 14.3 Å². The molecule has 2 aliphatic rings. The number of piperidine rings is 1. The van der Waals surface area contributed by atoms with Gasteiger partial charge in [0.05, 0.1) is 18.6 Å². The second-order valence-electron chi connectivity index (χ2n) is 6.45. The maximum atomic E-state index is 12.3. The summed E-state index contributed by atoms with van der Waals surface area (Å²) in [5.41, 5.74) is 0. The number of hydrogen-bond acceptors (Lipinski definition) is 4. The molecule has 0 aromatic heterocycles. The molecule has 1 saturated heterocycles. The topological polar surface area (TPSA) is 67.4 Å². The Hall–Kier alpha value is -1.10. The molecular formula is C16H28N2O3. The van der Waals surface area contributed by atoms with Gasteiger partial charge in [0.25, 0.3) is 0 Å².